The lowest BCUT2D eigenvalue weighted by Crippen LogP contribution is -2.54. The Morgan fingerprint density at radius 1 is 1.12 bits per heavy atom. The predicted octanol–water partition coefficient (Wildman–Crippen LogP) is 3.30. The van der Waals surface area contributed by atoms with E-state index in [0.29, 0.717) is 18.6 Å². The van der Waals surface area contributed by atoms with Crippen LogP contribution in [-0.4, -0.2) is 55.1 Å². The molecule has 2 aromatic rings. The van der Waals surface area contributed by atoms with Gasteiger partial charge in [-0.3, -0.25) is 14.4 Å². The zero-order valence-electron chi connectivity index (χ0n) is 19.6. The zero-order valence-corrected chi connectivity index (χ0v) is 22.8. The molecule has 2 atom stereocenters. The van der Waals surface area contributed by atoms with Crippen LogP contribution in [0.25, 0.3) is 0 Å². The van der Waals surface area contributed by atoms with Crippen molar-refractivity contribution in [2.24, 2.45) is 0 Å². The van der Waals surface area contributed by atoms with E-state index in [1.165, 1.54) is 19.0 Å². The molecule has 2 aromatic carbocycles. The summed E-state index contributed by atoms with van der Waals surface area (Å²) in [5.74, 6) is 5.31. The van der Waals surface area contributed by atoms with Gasteiger partial charge in [-0.1, -0.05) is 59.9 Å². The first-order valence-corrected chi connectivity index (χ1v) is 14.7. The first-order chi connectivity index (χ1) is 16.2. The summed E-state index contributed by atoms with van der Waals surface area (Å²) in [5, 5.41) is 4.96. The molecule has 0 fully saturated rings. The van der Waals surface area contributed by atoms with Gasteiger partial charge in [0.15, 0.2) is 6.17 Å². The lowest BCUT2D eigenvalue weighted by molar-refractivity contribution is -0.128. The van der Waals surface area contributed by atoms with Crippen molar-refractivity contribution in [2.45, 2.75) is 31.8 Å². The maximum atomic E-state index is 12.7. The van der Waals surface area contributed by atoms with Gasteiger partial charge < -0.3 is 20.3 Å². The molecule has 34 heavy (non-hydrogen) atoms. The number of ether oxygens (including phenoxy) is 1. The molecule has 2 rings (SSSR count). The molecule has 0 heterocycles. The molecule has 0 saturated heterocycles. The lowest BCUT2D eigenvalue weighted by atomic mass is 10.1. The van der Waals surface area contributed by atoms with Crippen LogP contribution in [0, 0.1) is 11.8 Å². The summed E-state index contributed by atoms with van der Waals surface area (Å²) in [4.78, 5) is 36.6. The lowest BCUT2D eigenvalue weighted by Gasteiger charge is -2.26. The van der Waals surface area contributed by atoms with Crippen LogP contribution in [0.5, 0.6) is 0 Å². The summed E-state index contributed by atoms with van der Waals surface area (Å²) >= 11 is 2.40. The Balaban J connectivity index is 2.00. The summed E-state index contributed by atoms with van der Waals surface area (Å²) in [6.45, 7) is 5.70. The molecular formula is C25H29IN3O4P. The van der Waals surface area contributed by atoms with E-state index in [0.717, 1.165) is 29.5 Å². The fourth-order valence-electron chi connectivity index (χ4n) is 2.86. The Morgan fingerprint density at radius 2 is 1.68 bits per heavy atom. The van der Waals surface area contributed by atoms with E-state index in [1.54, 1.807) is 24.3 Å². The number of carbonyl (C=O) groups excluding carboxylic acids is 3. The van der Waals surface area contributed by atoms with Crippen molar-refractivity contribution in [3.05, 3.63) is 70.8 Å². The second kappa shape index (κ2) is 13.4. The number of carbonyl (C=O) groups is 3. The Morgan fingerprint density at radius 3 is 2.18 bits per heavy atom. The minimum atomic E-state index is -1.10. The summed E-state index contributed by atoms with van der Waals surface area (Å²) < 4.78 is 5.83. The number of halogens is 1. The first-order valence-electron chi connectivity index (χ1n) is 10.6. The van der Waals surface area contributed by atoms with Crippen LogP contribution in [0.15, 0.2) is 48.5 Å². The SMILES string of the molecule is CNC(=O)C(NC=O)N(C)C(=O)c1ccc(C#Cc2ccc(COCC(C)(C)PI)cc2)cc1. The quantitative estimate of drug-likeness (QED) is 0.146. The van der Waals surface area contributed by atoms with Crippen LogP contribution in [0.1, 0.15) is 40.9 Å². The molecule has 3 amide bonds. The highest BCUT2D eigenvalue weighted by molar-refractivity contribution is 14.2. The predicted molar refractivity (Wildman–Crippen MR) is 144 cm³/mol. The van der Waals surface area contributed by atoms with E-state index in [-0.39, 0.29) is 5.16 Å². The highest BCUT2D eigenvalue weighted by Gasteiger charge is 2.26. The second-order valence-electron chi connectivity index (χ2n) is 8.21. The molecular weight excluding hydrogens is 564 g/mol. The molecule has 0 saturated carbocycles. The summed E-state index contributed by atoms with van der Waals surface area (Å²) in [6.07, 6.45) is 0.0913. The van der Waals surface area contributed by atoms with E-state index in [9.17, 15) is 14.4 Å². The number of amides is 3. The standard InChI is InChI=1S/C25H29IN3O4P/c1-25(2,34-26)16-33-15-20-9-7-18(8-10-20)5-6-19-11-13-21(14-12-19)24(32)29(4)22(28-17-30)23(31)27-3/h7-14,17,22,34H,15-16H2,1-4H3,(H,27,31)(H,28,30). The molecule has 0 radical (unpaired) electrons. The molecule has 0 aliphatic carbocycles. The highest BCUT2D eigenvalue weighted by Crippen LogP contribution is 2.38. The number of hydrogen-bond donors (Lipinski definition) is 2. The van der Waals surface area contributed by atoms with Crippen molar-refractivity contribution < 1.29 is 19.1 Å². The van der Waals surface area contributed by atoms with Gasteiger partial charge in [-0.05, 0) is 48.2 Å². The van der Waals surface area contributed by atoms with Crippen molar-refractivity contribution in [1.82, 2.24) is 15.5 Å². The second-order valence-corrected chi connectivity index (χ2v) is 11.4. The maximum Gasteiger partial charge on any atom is 0.263 e. The van der Waals surface area contributed by atoms with Crippen molar-refractivity contribution in [3.8, 4) is 11.8 Å². The summed E-state index contributed by atoms with van der Waals surface area (Å²) in [6, 6.07) is 14.7. The number of rotatable bonds is 10. The third kappa shape index (κ3) is 8.39. The highest BCUT2D eigenvalue weighted by atomic mass is 127. The average molecular weight is 593 g/mol. The van der Waals surface area contributed by atoms with Crippen LogP contribution < -0.4 is 10.6 Å². The third-order valence-electron chi connectivity index (χ3n) is 4.85. The molecule has 2 unspecified atom stereocenters. The molecule has 7 nitrogen and oxygen atoms in total. The van der Waals surface area contributed by atoms with E-state index in [4.69, 9.17) is 4.74 Å². The van der Waals surface area contributed by atoms with Gasteiger partial charge in [-0.25, -0.2) is 0 Å². The Kier molecular flexibility index (Phi) is 11.0. The van der Waals surface area contributed by atoms with Crippen molar-refractivity contribution >= 4 is 46.5 Å². The van der Waals surface area contributed by atoms with E-state index in [2.05, 4.69) is 58.4 Å². The van der Waals surface area contributed by atoms with Crippen LogP contribution in [0.2, 0.25) is 0 Å². The maximum absolute atomic E-state index is 12.7. The van der Waals surface area contributed by atoms with E-state index < -0.39 is 18.0 Å². The van der Waals surface area contributed by atoms with Gasteiger partial charge in [0.2, 0.25) is 6.41 Å². The Labute approximate surface area is 215 Å². The molecule has 0 bridgehead atoms. The summed E-state index contributed by atoms with van der Waals surface area (Å²) in [5.41, 5.74) is 3.11. The van der Waals surface area contributed by atoms with Gasteiger partial charge in [0, 0.05) is 35.9 Å². The van der Waals surface area contributed by atoms with Gasteiger partial charge >= 0.3 is 0 Å². The molecule has 0 aromatic heterocycles. The van der Waals surface area contributed by atoms with Gasteiger partial charge in [-0.2, -0.15) is 0 Å². The smallest absolute Gasteiger partial charge is 0.263 e. The number of hydrogen-bond acceptors (Lipinski definition) is 4. The van der Waals surface area contributed by atoms with E-state index in [1.807, 2.05) is 24.3 Å². The van der Waals surface area contributed by atoms with Crippen molar-refractivity contribution in [3.63, 3.8) is 0 Å². The van der Waals surface area contributed by atoms with Gasteiger partial charge in [0.05, 0.1) is 13.2 Å². The fraction of sp³-hybridized carbons (Fsp3) is 0.320. The molecule has 2 N–H and O–H groups in total. The minimum Gasteiger partial charge on any atom is -0.376 e. The topological polar surface area (TPSA) is 87.7 Å². The molecule has 180 valence electrons. The van der Waals surface area contributed by atoms with Crippen molar-refractivity contribution in [2.75, 3.05) is 20.7 Å². The van der Waals surface area contributed by atoms with Gasteiger partial charge in [0.1, 0.15) is 0 Å². The number of nitrogens with zero attached hydrogens (tertiary/aromatic N) is 1. The fourth-order valence-corrected chi connectivity index (χ4v) is 3.49. The van der Waals surface area contributed by atoms with Crippen molar-refractivity contribution in [1.29, 1.82) is 0 Å². The van der Waals surface area contributed by atoms with Gasteiger partial charge in [0.25, 0.3) is 11.8 Å². The average Bonchev–Trinajstić information content (AvgIpc) is 2.85. The third-order valence-corrected chi connectivity index (χ3v) is 9.89. The van der Waals surface area contributed by atoms with Crippen LogP contribution in [0.3, 0.4) is 0 Å². The Bertz CT molecular complexity index is 1050. The van der Waals surface area contributed by atoms with Crippen LogP contribution in [0.4, 0.5) is 0 Å². The molecule has 0 spiro atoms. The number of likely N-dealkylation sites (N-methyl/N-ethyl adjacent to an activating group) is 2. The monoisotopic (exact) mass is 593 g/mol. The van der Waals surface area contributed by atoms with Crippen LogP contribution >= 0.6 is 28.3 Å². The first kappa shape index (κ1) is 27.8. The molecule has 9 heteroatoms. The van der Waals surface area contributed by atoms with E-state index >= 15 is 0 Å². The van der Waals surface area contributed by atoms with Gasteiger partial charge in [-0.15, -0.1) is 0 Å². The largest absolute Gasteiger partial charge is 0.376 e. The molecule has 0 aliphatic rings. The number of benzene rings is 2. The number of nitrogens with one attached hydrogen (secondary N) is 2. The zero-order chi connectivity index (χ0) is 25.1. The molecule has 0 aliphatic heterocycles. The Hall–Kier alpha value is -2.47. The normalized spacial score (nSPS) is 11.9. The van der Waals surface area contributed by atoms with Crippen LogP contribution in [-0.2, 0) is 20.9 Å². The minimum absolute atomic E-state index is 0.194. The summed E-state index contributed by atoms with van der Waals surface area (Å²) in [7, 11) is 2.88.